The van der Waals surface area contributed by atoms with Crippen molar-refractivity contribution in [3.05, 3.63) is 0 Å². The summed E-state index contributed by atoms with van der Waals surface area (Å²) in [6.07, 6.45) is -25.1. The van der Waals surface area contributed by atoms with Crippen LogP contribution in [-0.2, 0) is 23.7 Å². The Kier molecular flexibility index (Phi) is 9.54. The number of hydrogen-bond donors (Lipinski definition) is 11. The summed E-state index contributed by atoms with van der Waals surface area (Å²) in [5, 5.41) is 109. The van der Waals surface area contributed by atoms with E-state index in [0.29, 0.717) is 0 Å². The van der Waals surface area contributed by atoms with Gasteiger partial charge >= 0.3 is 0 Å². The number of hydrogen-bond acceptors (Lipinski definition) is 16. The van der Waals surface area contributed by atoms with Crippen LogP contribution in [0.4, 0.5) is 0 Å². The molecule has 16 heteroatoms. The first kappa shape index (κ1) is 27.9. The summed E-state index contributed by atoms with van der Waals surface area (Å²) < 4.78 is 26.4. The van der Waals surface area contributed by atoms with Crippen molar-refractivity contribution in [3.8, 4) is 0 Å². The third-order valence-corrected chi connectivity index (χ3v) is 6.09. The van der Waals surface area contributed by atoms with Crippen LogP contribution in [0, 0.1) is 0 Å². The Morgan fingerprint density at radius 3 is 1.35 bits per heavy atom. The van der Waals surface area contributed by atoms with Crippen molar-refractivity contribution in [1.29, 1.82) is 0 Å². The van der Waals surface area contributed by atoms with Crippen molar-refractivity contribution in [1.82, 2.24) is 0 Å². The molecule has 3 heterocycles. The number of aliphatic hydroxyl groups excluding tert-OH is 11. The Morgan fingerprint density at radius 1 is 0.441 bits per heavy atom. The second kappa shape index (κ2) is 11.6. The Labute approximate surface area is 192 Å². The molecular weight excluding hydrogens is 472 g/mol. The van der Waals surface area contributed by atoms with Crippen LogP contribution in [0.3, 0.4) is 0 Å². The molecule has 0 bridgehead atoms. The van der Waals surface area contributed by atoms with Gasteiger partial charge in [0.1, 0.15) is 73.2 Å². The van der Waals surface area contributed by atoms with Crippen molar-refractivity contribution in [3.63, 3.8) is 0 Å². The molecule has 15 atom stereocenters. The predicted octanol–water partition coefficient (Wildman–Crippen LogP) is -7.57. The molecule has 0 spiro atoms. The SMILES string of the molecule is OC[C@H]1O[C@H](O[C@H]2[C@H](O)[C@@H](O)[C@@H](O[C@H]3[C@@H](O)[C@H](O)[C@@H](O)O[C@@H]3CO)O[C@@H]2CO)[C@H](O)[C@@H](O)[C@@H]1O. The lowest BCUT2D eigenvalue weighted by atomic mass is 9.96. The van der Waals surface area contributed by atoms with Gasteiger partial charge in [0.25, 0.3) is 0 Å². The van der Waals surface area contributed by atoms with Gasteiger partial charge in [-0.25, -0.2) is 0 Å². The Bertz CT molecular complexity index is 635. The highest BCUT2D eigenvalue weighted by molar-refractivity contribution is 4.96. The van der Waals surface area contributed by atoms with Gasteiger partial charge in [-0.3, -0.25) is 0 Å². The zero-order valence-electron chi connectivity index (χ0n) is 17.7. The van der Waals surface area contributed by atoms with Crippen LogP contribution < -0.4 is 0 Å². The molecule has 3 rings (SSSR count). The maximum Gasteiger partial charge on any atom is 0.187 e. The van der Waals surface area contributed by atoms with Crippen molar-refractivity contribution in [2.75, 3.05) is 19.8 Å². The van der Waals surface area contributed by atoms with Gasteiger partial charge in [0.05, 0.1) is 19.8 Å². The lowest BCUT2D eigenvalue weighted by Crippen LogP contribution is -2.66. The molecule has 200 valence electrons. The molecule has 0 aromatic carbocycles. The van der Waals surface area contributed by atoms with E-state index in [2.05, 4.69) is 0 Å². The summed E-state index contributed by atoms with van der Waals surface area (Å²) in [6, 6.07) is 0. The third kappa shape index (κ3) is 5.37. The molecule has 3 aliphatic heterocycles. The second-order valence-corrected chi connectivity index (χ2v) is 8.33. The fourth-order valence-corrected chi connectivity index (χ4v) is 4.06. The lowest BCUT2D eigenvalue weighted by molar-refractivity contribution is -0.377. The molecule has 0 saturated carbocycles. The molecule has 3 saturated heterocycles. The first-order valence-corrected chi connectivity index (χ1v) is 10.6. The highest BCUT2D eigenvalue weighted by Crippen LogP contribution is 2.32. The number of ether oxygens (including phenoxy) is 5. The highest BCUT2D eigenvalue weighted by Gasteiger charge is 2.53. The van der Waals surface area contributed by atoms with Crippen molar-refractivity contribution < 1.29 is 79.9 Å². The van der Waals surface area contributed by atoms with Crippen molar-refractivity contribution >= 4 is 0 Å². The molecule has 0 unspecified atom stereocenters. The van der Waals surface area contributed by atoms with E-state index < -0.39 is 112 Å². The normalized spacial score (nSPS) is 52.5. The number of aliphatic hydroxyl groups is 11. The van der Waals surface area contributed by atoms with Crippen LogP contribution in [0.2, 0.25) is 0 Å². The fourth-order valence-electron chi connectivity index (χ4n) is 4.06. The van der Waals surface area contributed by atoms with Gasteiger partial charge in [0, 0.05) is 0 Å². The summed E-state index contributed by atoms with van der Waals surface area (Å²) in [5.41, 5.74) is 0. The molecule has 0 aromatic heterocycles. The fraction of sp³-hybridized carbons (Fsp3) is 1.00. The highest BCUT2D eigenvalue weighted by atomic mass is 16.8. The van der Waals surface area contributed by atoms with E-state index in [1.807, 2.05) is 0 Å². The van der Waals surface area contributed by atoms with Gasteiger partial charge < -0.3 is 79.9 Å². The Hall–Kier alpha value is -0.640. The molecule has 0 aliphatic carbocycles. The topological polar surface area (TPSA) is 269 Å². The van der Waals surface area contributed by atoms with E-state index in [4.69, 9.17) is 23.7 Å². The summed E-state index contributed by atoms with van der Waals surface area (Å²) >= 11 is 0. The quantitative estimate of drug-likeness (QED) is 0.154. The first-order valence-electron chi connectivity index (χ1n) is 10.6. The van der Waals surface area contributed by atoms with E-state index in [-0.39, 0.29) is 0 Å². The average Bonchev–Trinajstić information content (AvgIpc) is 2.83. The van der Waals surface area contributed by atoms with E-state index in [1.165, 1.54) is 0 Å². The zero-order valence-corrected chi connectivity index (χ0v) is 17.7. The molecule has 3 fully saturated rings. The summed E-state index contributed by atoms with van der Waals surface area (Å²) in [4.78, 5) is 0. The van der Waals surface area contributed by atoms with E-state index in [9.17, 15) is 56.2 Å². The maximum absolute atomic E-state index is 10.6. The van der Waals surface area contributed by atoms with E-state index in [1.54, 1.807) is 0 Å². The van der Waals surface area contributed by atoms with E-state index in [0.717, 1.165) is 0 Å². The smallest absolute Gasteiger partial charge is 0.187 e. The van der Waals surface area contributed by atoms with Gasteiger partial charge in [-0.1, -0.05) is 0 Å². The molecule has 16 nitrogen and oxygen atoms in total. The van der Waals surface area contributed by atoms with Gasteiger partial charge in [-0.2, -0.15) is 0 Å². The molecule has 34 heavy (non-hydrogen) atoms. The monoisotopic (exact) mass is 504 g/mol. The lowest BCUT2D eigenvalue weighted by Gasteiger charge is -2.47. The number of rotatable bonds is 7. The van der Waals surface area contributed by atoms with E-state index >= 15 is 0 Å². The standard InChI is InChI=1S/C18H32O16/c19-1-4-7(22)8(23)12(27)17(31-4)34-15-6(3-21)32-18(13(28)10(15)25)33-14-5(2-20)30-16(29)11(26)9(14)24/h4-29H,1-3H2/t4-,5-,6-,7-,8+,9+,10-,11+,12-,13-,14-,15-,16+,17-,18-/m1/s1. The summed E-state index contributed by atoms with van der Waals surface area (Å²) in [7, 11) is 0. The third-order valence-electron chi connectivity index (χ3n) is 6.09. The molecular formula is C18H32O16. The first-order chi connectivity index (χ1) is 16.0. The summed E-state index contributed by atoms with van der Waals surface area (Å²) in [5.74, 6) is 0. The maximum atomic E-state index is 10.6. The molecule has 0 radical (unpaired) electrons. The van der Waals surface area contributed by atoms with Gasteiger partial charge in [0.2, 0.25) is 0 Å². The Morgan fingerprint density at radius 2 is 0.853 bits per heavy atom. The largest absolute Gasteiger partial charge is 0.394 e. The van der Waals surface area contributed by atoms with Crippen LogP contribution in [0.5, 0.6) is 0 Å². The molecule has 0 aromatic rings. The predicted molar refractivity (Wildman–Crippen MR) is 101 cm³/mol. The Balaban J connectivity index is 1.72. The second-order valence-electron chi connectivity index (χ2n) is 8.33. The minimum absolute atomic E-state index is 0.741. The minimum atomic E-state index is -1.91. The molecule has 3 aliphatic rings. The van der Waals surface area contributed by atoms with Crippen LogP contribution in [-0.4, -0.2) is 168 Å². The zero-order chi connectivity index (χ0) is 25.3. The van der Waals surface area contributed by atoms with Crippen LogP contribution >= 0.6 is 0 Å². The van der Waals surface area contributed by atoms with Crippen LogP contribution in [0.15, 0.2) is 0 Å². The van der Waals surface area contributed by atoms with Crippen molar-refractivity contribution in [2.24, 2.45) is 0 Å². The molecule has 0 amide bonds. The van der Waals surface area contributed by atoms with Crippen LogP contribution in [0.25, 0.3) is 0 Å². The van der Waals surface area contributed by atoms with Gasteiger partial charge in [0.15, 0.2) is 18.9 Å². The van der Waals surface area contributed by atoms with Crippen LogP contribution in [0.1, 0.15) is 0 Å². The minimum Gasteiger partial charge on any atom is -0.394 e. The van der Waals surface area contributed by atoms with Crippen molar-refractivity contribution in [2.45, 2.75) is 92.1 Å². The van der Waals surface area contributed by atoms with Gasteiger partial charge in [-0.15, -0.1) is 0 Å². The summed E-state index contributed by atoms with van der Waals surface area (Å²) in [6.45, 7) is -2.32. The average molecular weight is 504 g/mol. The van der Waals surface area contributed by atoms with Gasteiger partial charge in [-0.05, 0) is 0 Å². The molecule has 11 N–H and O–H groups in total.